The van der Waals surface area contributed by atoms with Crippen LogP contribution in [0.1, 0.15) is 25.8 Å². The van der Waals surface area contributed by atoms with Crippen LogP contribution in [-0.2, 0) is 26.2 Å². The number of rotatable bonds is 7. The summed E-state index contributed by atoms with van der Waals surface area (Å²) < 4.78 is 39.5. The van der Waals surface area contributed by atoms with Crippen LogP contribution in [0.15, 0.2) is 24.3 Å². The smallest absolute Gasteiger partial charge is 0.242 e. The molecule has 0 unspecified atom stereocenters. The monoisotopic (exact) mass is 440 g/mol. The van der Waals surface area contributed by atoms with E-state index in [0.29, 0.717) is 26.1 Å². The normalized spacial score (nSPS) is 24.9. The highest BCUT2D eigenvalue weighted by Crippen LogP contribution is 2.27. The Morgan fingerprint density at radius 1 is 1.30 bits per heavy atom. The van der Waals surface area contributed by atoms with E-state index in [1.165, 1.54) is 12.1 Å². The first-order chi connectivity index (χ1) is 14.0. The standard InChI is InChI=1S/C20H29FN4O4S/c1-13(2)19(26)22-9-18-20(27)25-11-16(23-30(3,28)29)8-17(25)12-24(18)10-14-5-4-6-15(21)7-14/h4-7,13,16-18,23H,8-12H2,1-3H3,(H,22,26)/t16-,17-,18-/m0/s1. The Balaban J connectivity index is 1.79. The predicted octanol–water partition coefficient (Wildman–Crippen LogP) is 0.301. The van der Waals surface area contributed by atoms with Crippen LogP contribution in [-0.4, -0.2) is 74.0 Å². The molecule has 0 saturated carbocycles. The van der Waals surface area contributed by atoms with E-state index in [1.807, 2.05) is 4.90 Å². The molecule has 0 aliphatic carbocycles. The largest absolute Gasteiger partial charge is 0.354 e. The summed E-state index contributed by atoms with van der Waals surface area (Å²) >= 11 is 0. The molecule has 2 aliphatic rings. The van der Waals surface area contributed by atoms with E-state index in [-0.39, 0.29) is 42.2 Å². The third-order valence-corrected chi connectivity index (χ3v) is 6.28. The van der Waals surface area contributed by atoms with Crippen molar-refractivity contribution in [2.45, 2.75) is 44.9 Å². The van der Waals surface area contributed by atoms with Gasteiger partial charge in [-0.3, -0.25) is 14.5 Å². The molecule has 8 nitrogen and oxygen atoms in total. The van der Waals surface area contributed by atoms with E-state index >= 15 is 0 Å². The molecule has 2 saturated heterocycles. The van der Waals surface area contributed by atoms with Crippen LogP contribution in [0.2, 0.25) is 0 Å². The zero-order valence-electron chi connectivity index (χ0n) is 17.5. The molecular formula is C20H29FN4O4S. The van der Waals surface area contributed by atoms with Crippen molar-refractivity contribution in [3.8, 4) is 0 Å². The maximum Gasteiger partial charge on any atom is 0.242 e. The quantitative estimate of drug-likeness (QED) is 0.636. The van der Waals surface area contributed by atoms with Crippen LogP contribution in [0.5, 0.6) is 0 Å². The molecule has 2 fully saturated rings. The van der Waals surface area contributed by atoms with Gasteiger partial charge in [-0.1, -0.05) is 26.0 Å². The Kier molecular flexibility index (Phi) is 6.78. The van der Waals surface area contributed by atoms with Gasteiger partial charge in [0.05, 0.1) is 6.26 Å². The summed E-state index contributed by atoms with van der Waals surface area (Å²) in [4.78, 5) is 29.0. The lowest BCUT2D eigenvalue weighted by Gasteiger charge is -2.43. The summed E-state index contributed by atoms with van der Waals surface area (Å²) in [7, 11) is -3.38. The first kappa shape index (κ1) is 22.6. The zero-order chi connectivity index (χ0) is 22.1. The van der Waals surface area contributed by atoms with Crippen molar-refractivity contribution in [3.05, 3.63) is 35.6 Å². The van der Waals surface area contributed by atoms with Gasteiger partial charge >= 0.3 is 0 Å². The van der Waals surface area contributed by atoms with Crippen molar-refractivity contribution >= 4 is 21.8 Å². The summed E-state index contributed by atoms with van der Waals surface area (Å²) in [6.45, 7) is 4.89. The Morgan fingerprint density at radius 2 is 2.03 bits per heavy atom. The average molecular weight is 441 g/mol. The molecule has 1 aromatic rings. The molecule has 3 rings (SSSR count). The molecule has 2 aliphatic heterocycles. The molecule has 0 aromatic heterocycles. The van der Waals surface area contributed by atoms with Gasteiger partial charge in [0, 0.05) is 44.2 Å². The minimum atomic E-state index is -3.38. The molecule has 2 amide bonds. The number of carbonyl (C=O) groups excluding carboxylic acids is 2. The lowest BCUT2D eigenvalue weighted by Crippen LogP contribution is -2.62. The number of hydrogen-bond acceptors (Lipinski definition) is 5. The number of sulfonamides is 1. The van der Waals surface area contributed by atoms with Gasteiger partial charge in [-0.05, 0) is 24.1 Å². The molecule has 166 valence electrons. The molecule has 1 aromatic carbocycles. The Bertz CT molecular complexity index is 908. The minimum absolute atomic E-state index is 0.137. The fourth-order valence-corrected chi connectivity index (χ4v) is 4.93. The SMILES string of the molecule is CC(C)C(=O)NC[C@H]1C(=O)N2C[C@@H](NS(C)(=O)=O)C[C@H]2CN1Cc1cccc(F)c1. The van der Waals surface area contributed by atoms with Crippen LogP contribution in [0.4, 0.5) is 4.39 Å². The number of nitrogens with zero attached hydrogens (tertiary/aromatic N) is 2. The van der Waals surface area contributed by atoms with E-state index in [4.69, 9.17) is 0 Å². The number of amides is 2. The maximum atomic E-state index is 13.6. The van der Waals surface area contributed by atoms with Gasteiger partial charge in [0.1, 0.15) is 11.9 Å². The molecule has 30 heavy (non-hydrogen) atoms. The van der Waals surface area contributed by atoms with Crippen LogP contribution in [0, 0.1) is 11.7 Å². The van der Waals surface area contributed by atoms with Crippen LogP contribution < -0.4 is 10.0 Å². The van der Waals surface area contributed by atoms with Crippen molar-refractivity contribution in [1.82, 2.24) is 19.8 Å². The van der Waals surface area contributed by atoms with Crippen LogP contribution in [0.25, 0.3) is 0 Å². The summed E-state index contributed by atoms with van der Waals surface area (Å²) in [5, 5.41) is 2.83. The lowest BCUT2D eigenvalue weighted by atomic mass is 10.0. The Morgan fingerprint density at radius 3 is 2.67 bits per heavy atom. The predicted molar refractivity (Wildman–Crippen MR) is 110 cm³/mol. The molecule has 10 heteroatoms. The van der Waals surface area contributed by atoms with Gasteiger partial charge in [-0.15, -0.1) is 0 Å². The Hall–Kier alpha value is -2.04. The van der Waals surface area contributed by atoms with Gasteiger partial charge < -0.3 is 10.2 Å². The van der Waals surface area contributed by atoms with Crippen molar-refractivity contribution in [2.24, 2.45) is 5.92 Å². The second kappa shape index (κ2) is 8.99. The number of piperazine rings is 1. The molecule has 3 atom stereocenters. The lowest BCUT2D eigenvalue weighted by molar-refractivity contribution is -0.144. The number of nitrogens with one attached hydrogen (secondary N) is 2. The summed E-state index contributed by atoms with van der Waals surface area (Å²) in [6.07, 6.45) is 1.62. The third-order valence-electron chi connectivity index (χ3n) is 5.52. The average Bonchev–Trinajstić information content (AvgIpc) is 3.01. The van der Waals surface area contributed by atoms with E-state index in [2.05, 4.69) is 10.0 Å². The van der Waals surface area contributed by atoms with Gasteiger partial charge in [0.2, 0.25) is 21.8 Å². The highest BCUT2D eigenvalue weighted by molar-refractivity contribution is 7.88. The number of benzene rings is 1. The molecule has 2 heterocycles. The second-order valence-electron chi connectivity index (χ2n) is 8.44. The number of carbonyl (C=O) groups is 2. The number of hydrogen-bond donors (Lipinski definition) is 2. The van der Waals surface area contributed by atoms with Gasteiger partial charge in [-0.25, -0.2) is 17.5 Å². The van der Waals surface area contributed by atoms with Gasteiger partial charge in [-0.2, -0.15) is 0 Å². The summed E-state index contributed by atoms with van der Waals surface area (Å²) in [5.41, 5.74) is 0.736. The van der Waals surface area contributed by atoms with Crippen molar-refractivity contribution in [2.75, 3.05) is 25.9 Å². The number of halogens is 1. The van der Waals surface area contributed by atoms with Crippen molar-refractivity contribution in [3.63, 3.8) is 0 Å². The van der Waals surface area contributed by atoms with E-state index < -0.39 is 16.1 Å². The second-order valence-corrected chi connectivity index (χ2v) is 10.2. The molecule has 0 bridgehead atoms. The van der Waals surface area contributed by atoms with Gasteiger partial charge in [0.15, 0.2) is 0 Å². The zero-order valence-corrected chi connectivity index (χ0v) is 18.3. The number of fused-ring (bicyclic) bond motifs is 1. The fraction of sp³-hybridized carbons (Fsp3) is 0.600. The highest BCUT2D eigenvalue weighted by Gasteiger charge is 2.45. The fourth-order valence-electron chi connectivity index (χ4n) is 4.16. The molecule has 0 radical (unpaired) electrons. The van der Waals surface area contributed by atoms with Crippen LogP contribution >= 0.6 is 0 Å². The van der Waals surface area contributed by atoms with E-state index in [9.17, 15) is 22.4 Å². The third kappa shape index (κ3) is 5.55. The maximum absolute atomic E-state index is 13.6. The highest BCUT2D eigenvalue weighted by atomic mass is 32.2. The van der Waals surface area contributed by atoms with Crippen molar-refractivity contribution in [1.29, 1.82) is 0 Å². The Labute approximate surface area is 176 Å². The summed E-state index contributed by atoms with van der Waals surface area (Å²) in [5.74, 6) is -0.846. The molecule has 0 spiro atoms. The minimum Gasteiger partial charge on any atom is -0.354 e. The molecular weight excluding hydrogens is 411 g/mol. The van der Waals surface area contributed by atoms with E-state index in [0.717, 1.165) is 11.8 Å². The first-order valence-electron chi connectivity index (χ1n) is 10.1. The van der Waals surface area contributed by atoms with Crippen molar-refractivity contribution < 1.29 is 22.4 Å². The molecule has 2 N–H and O–H groups in total. The van der Waals surface area contributed by atoms with E-state index in [1.54, 1.807) is 30.9 Å². The topological polar surface area (TPSA) is 98.8 Å². The first-order valence-corrected chi connectivity index (χ1v) is 12.0. The van der Waals surface area contributed by atoms with Crippen LogP contribution in [0.3, 0.4) is 0 Å². The summed E-state index contributed by atoms with van der Waals surface area (Å²) in [6, 6.07) is 5.15. The van der Waals surface area contributed by atoms with Gasteiger partial charge in [0.25, 0.3) is 0 Å².